The number of nitrogens with two attached hydrogens (primary N) is 1. The van der Waals surface area contributed by atoms with Crippen LogP contribution < -0.4 is 5.73 Å². The summed E-state index contributed by atoms with van der Waals surface area (Å²) in [5.41, 5.74) is 7.03. The lowest BCUT2D eigenvalue weighted by Gasteiger charge is -2.27. The first-order valence-electron chi connectivity index (χ1n) is 7.22. The molecule has 0 bridgehead atoms. The van der Waals surface area contributed by atoms with Crippen LogP contribution in [0.1, 0.15) is 31.1 Å². The number of nitrogens with zero attached hydrogens (tertiary/aromatic N) is 3. The van der Waals surface area contributed by atoms with Crippen LogP contribution in [-0.4, -0.2) is 35.2 Å². The average Bonchev–Trinajstić information content (AvgIpc) is 2.86. The van der Waals surface area contributed by atoms with Gasteiger partial charge in [0, 0.05) is 13.0 Å². The Morgan fingerprint density at radius 2 is 1.95 bits per heavy atom. The highest BCUT2D eigenvalue weighted by Gasteiger charge is 2.19. The monoisotopic (exact) mass is 288 g/mol. The van der Waals surface area contributed by atoms with Crippen molar-refractivity contribution in [3.63, 3.8) is 0 Å². The van der Waals surface area contributed by atoms with Crippen molar-refractivity contribution in [2.45, 2.75) is 26.8 Å². The summed E-state index contributed by atoms with van der Waals surface area (Å²) in [5.74, 6) is 1.37. The van der Waals surface area contributed by atoms with Gasteiger partial charge in [0.05, 0.1) is 6.54 Å². The van der Waals surface area contributed by atoms with Crippen LogP contribution in [0.2, 0.25) is 0 Å². The van der Waals surface area contributed by atoms with E-state index in [2.05, 4.69) is 41.0 Å². The minimum absolute atomic E-state index is 0.0850. The van der Waals surface area contributed by atoms with Gasteiger partial charge in [-0.05, 0) is 24.6 Å². The molecule has 5 heteroatoms. The van der Waals surface area contributed by atoms with Gasteiger partial charge in [-0.3, -0.25) is 4.90 Å². The molecule has 2 aromatic rings. The molecule has 0 saturated carbocycles. The van der Waals surface area contributed by atoms with Gasteiger partial charge in [0.25, 0.3) is 0 Å². The van der Waals surface area contributed by atoms with Crippen molar-refractivity contribution in [1.82, 2.24) is 15.0 Å². The largest absolute Gasteiger partial charge is 0.338 e. The number of benzene rings is 1. The lowest BCUT2D eigenvalue weighted by Crippen LogP contribution is -2.36. The van der Waals surface area contributed by atoms with Crippen molar-refractivity contribution in [3.05, 3.63) is 47.6 Å². The van der Waals surface area contributed by atoms with Crippen LogP contribution in [0.25, 0.3) is 0 Å². The SMILES string of the molecule is CN(Cc1nc(Cc2ccccc2)no1)CC(C)(C)CN. The summed E-state index contributed by atoms with van der Waals surface area (Å²) in [6, 6.07) is 10.1. The summed E-state index contributed by atoms with van der Waals surface area (Å²) >= 11 is 0. The summed E-state index contributed by atoms with van der Waals surface area (Å²) in [7, 11) is 2.04. The average molecular weight is 288 g/mol. The van der Waals surface area contributed by atoms with Crippen LogP contribution in [0.15, 0.2) is 34.9 Å². The highest BCUT2D eigenvalue weighted by molar-refractivity contribution is 5.18. The second-order valence-electron chi connectivity index (χ2n) is 6.31. The van der Waals surface area contributed by atoms with Crippen LogP contribution >= 0.6 is 0 Å². The van der Waals surface area contributed by atoms with Crippen LogP contribution in [-0.2, 0) is 13.0 Å². The van der Waals surface area contributed by atoms with E-state index in [1.54, 1.807) is 0 Å². The highest BCUT2D eigenvalue weighted by Crippen LogP contribution is 2.15. The third kappa shape index (κ3) is 4.95. The predicted molar refractivity (Wildman–Crippen MR) is 82.7 cm³/mol. The minimum Gasteiger partial charge on any atom is -0.338 e. The third-order valence-electron chi connectivity index (χ3n) is 3.37. The minimum atomic E-state index is 0.0850. The maximum Gasteiger partial charge on any atom is 0.240 e. The van der Waals surface area contributed by atoms with E-state index in [0.717, 1.165) is 12.4 Å². The maximum absolute atomic E-state index is 5.76. The van der Waals surface area contributed by atoms with E-state index in [-0.39, 0.29) is 5.41 Å². The first-order chi connectivity index (χ1) is 9.98. The fourth-order valence-corrected chi connectivity index (χ4v) is 2.29. The molecule has 114 valence electrons. The summed E-state index contributed by atoms with van der Waals surface area (Å²) in [5, 5.41) is 4.04. The van der Waals surface area contributed by atoms with Gasteiger partial charge in [-0.2, -0.15) is 4.98 Å². The van der Waals surface area contributed by atoms with Crippen molar-refractivity contribution >= 4 is 0 Å². The molecule has 1 aromatic heterocycles. The van der Waals surface area contributed by atoms with Crippen molar-refractivity contribution in [2.24, 2.45) is 11.1 Å². The van der Waals surface area contributed by atoms with Gasteiger partial charge in [0.2, 0.25) is 5.89 Å². The zero-order chi connectivity index (χ0) is 15.3. The number of aromatic nitrogens is 2. The molecule has 0 saturated heterocycles. The molecule has 21 heavy (non-hydrogen) atoms. The smallest absolute Gasteiger partial charge is 0.240 e. The Morgan fingerprint density at radius 3 is 2.62 bits per heavy atom. The summed E-state index contributed by atoms with van der Waals surface area (Å²) in [6.45, 7) is 6.49. The maximum atomic E-state index is 5.76. The van der Waals surface area contributed by atoms with Gasteiger partial charge in [-0.15, -0.1) is 0 Å². The van der Waals surface area contributed by atoms with E-state index in [0.29, 0.717) is 25.4 Å². The van der Waals surface area contributed by atoms with Crippen LogP contribution in [0.5, 0.6) is 0 Å². The summed E-state index contributed by atoms with van der Waals surface area (Å²) < 4.78 is 5.32. The van der Waals surface area contributed by atoms with E-state index >= 15 is 0 Å². The van der Waals surface area contributed by atoms with E-state index in [1.807, 2.05) is 25.2 Å². The van der Waals surface area contributed by atoms with Gasteiger partial charge < -0.3 is 10.3 Å². The lowest BCUT2D eigenvalue weighted by molar-refractivity contribution is 0.189. The molecular formula is C16H24N4O. The molecule has 0 unspecified atom stereocenters. The van der Waals surface area contributed by atoms with Crippen molar-refractivity contribution in [2.75, 3.05) is 20.1 Å². The van der Waals surface area contributed by atoms with Crippen LogP contribution in [0.3, 0.4) is 0 Å². The molecule has 5 nitrogen and oxygen atoms in total. The molecule has 0 aliphatic rings. The molecule has 0 atom stereocenters. The zero-order valence-electron chi connectivity index (χ0n) is 13.0. The van der Waals surface area contributed by atoms with Crippen molar-refractivity contribution < 1.29 is 4.52 Å². The Labute approximate surface area is 126 Å². The Hall–Kier alpha value is -1.72. The van der Waals surface area contributed by atoms with E-state index < -0.39 is 0 Å². The molecule has 0 amide bonds. The third-order valence-corrected chi connectivity index (χ3v) is 3.37. The second-order valence-corrected chi connectivity index (χ2v) is 6.31. The topological polar surface area (TPSA) is 68.2 Å². The first kappa shape index (κ1) is 15.7. The highest BCUT2D eigenvalue weighted by atomic mass is 16.5. The summed E-state index contributed by atoms with van der Waals surface area (Å²) in [4.78, 5) is 6.61. The second kappa shape index (κ2) is 6.83. The Morgan fingerprint density at radius 1 is 1.24 bits per heavy atom. The standard InChI is InChI=1S/C16H24N4O/c1-16(2,11-17)12-20(3)10-15-18-14(19-21-15)9-13-7-5-4-6-8-13/h4-8H,9-12,17H2,1-3H3. The Kier molecular flexibility index (Phi) is 5.09. The molecule has 2 rings (SSSR count). The molecular weight excluding hydrogens is 264 g/mol. The van der Waals surface area contributed by atoms with Gasteiger partial charge >= 0.3 is 0 Å². The molecule has 1 aromatic carbocycles. The zero-order valence-corrected chi connectivity index (χ0v) is 13.0. The lowest BCUT2D eigenvalue weighted by atomic mass is 9.93. The molecule has 0 aliphatic heterocycles. The number of hydrogen-bond acceptors (Lipinski definition) is 5. The van der Waals surface area contributed by atoms with Crippen LogP contribution in [0, 0.1) is 5.41 Å². The van der Waals surface area contributed by atoms with Gasteiger partial charge in [0.15, 0.2) is 5.82 Å². The molecule has 0 spiro atoms. The number of rotatable bonds is 7. The van der Waals surface area contributed by atoms with Gasteiger partial charge in [0.1, 0.15) is 0 Å². The van der Waals surface area contributed by atoms with Gasteiger partial charge in [-0.25, -0.2) is 0 Å². The summed E-state index contributed by atoms with van der Waals surface area (Å²) in [6.07, 6.45) is 0.697. The van der Waals surface area contributed by atoms with E-state index in [9.17, 15) is 0 Å². The quantitative estimate of drug-likeness (QED) is 0.845. The number of hydrogen-bond donors (Lipinski definition) is 1. The molecule has 2 N–H and O–H groups in total. The molecule has 0 fully saturated rings. The van der Waals surface area contributed by atoms with Crippen LogP contribution in [0.4, 0.5) is 0 Å². The van der Waals surface area contributed by atoms with E-state index in [1.165, 1.54) is 5.56 Å². The van der Waals surface area contributed by atoms with Crippen molar-refractivity contribution in [3.8, 4) is 0 Å². The van der Waals surface area contributed by atoms with Crippen molar-refractivity contribution in [1.29, 1.82) is 0 Å². The predicted octanol–water partition coefficient (Wildman–Crippen LogP) is 2.08. The Bertz CT molecular complexity index is 550. The van der Waals surface area contributed by atoms with E-state index in [4.69, 9.17) is 10.3 Å². The first-order valence-corrected chi connectivity index (χ1v) is 7.22. The fraction of sp³-hybridized carbons (Fsp3) is 0.500. The fourth-order valence-electron chi connectivity index (χ4n) is 2.29. The Balaban J connectivity index is 1.91. The van der Waals surface area contributed by atoms with Gasteiger partial charge in [-0.1, -0.05) is 49.3 Å². The normalized spacial score (nSPS) is 12.0. The molecule has 0 radical (unpaired) electrons. The molecule has 0 aliphatic carbocycles. The molecule has 1 heterocycles.